The molecule has 3 N–H and O–H groups in total. The summed E-state index contributed by atoms with van der Waals surface area (Å²) in [5.74, 6) is -0.938. The molecule has 0 aliphatic rings. The van der Waals surface area contributed by atoms with Crippen LogP contribution in [0.1, 0.15) is 19.3 Å². The fourth-order valence-corrected chi connectivity index (χ4v) is 0.859. The number of carbonyl (C=O) groups is 1. The average molecular weight is 187 g/mol. The van der Waals surface area contributed by atoms with Crippen molar-refractivity contribution >= 4 is 5.97 Å². The van der Waals surface area contributed by atoms with Gasteiger partial charge in [0.2, 0.25) is 0 Å². The number of rotatable bonds is 8. The molecule has 13 heavy (non-hydrogen) atoms. The third-order valence-corrected chi connectivity index (χ3v) is 1.61. The Hall–Kier alpha value is -0.870. The van der Waals surface area contributed by atoms with Gasteiger partial charge in [-0.05, 0) is 19.3 Å². The molecule has 0 heterocycles. The van der Waals surface area contributed by atoms with Crippen LogP contribution in [0.3, 0.4) is 0 Å². The smallest absolute Gasteiger partial charge is 0.320 e. The molecular formula is C9H17NO3. The summed E-state index contributed by atoms with van der Waals surface area (Å²) in [6.45, 7) is 4.69. The van der Waals surface area contributed by atoms with Crippen molar-refractivity contribution in [2.75, 3.05) is 13.2 Å². The van der Waals surface area contributed by atoms with Gasteiger partial charge in [0.25, 0.3) is 0 Å². The van der Waals surface area contributed by atoms with E-state index in [0.29, 0.717) is 19.6 Å². The summed E-state index contributed by atoms with van der Waals surface area (Å²) >= 11 is 0. The molecule has 1 atom stereocenters. The molecule has 0 fully saturated rings. The third-order valence-electron chi connectivity index (χ3n) is 1.61. The summed E-state index contributed by atoms with van der Waals surface area (Å²) in [5, 5.41) is 8.45. The van der Waals surface area contributed by atoms with Gasteiger partial charge in [-0.2, -0.15) is 0 Å². The van der Waals surface area contributed by atoms with Gasteiger partial charge in [0, 0.05) is 6.61 Å². The zero-order valence-electron chi connectivity index (χ0n) is 7.74. The Morgan fingerprint density at radius 3 is 2.85 bits per heavy atom. The van der Waals surface area contributed by atoms with Crippen LogP contribution < -0.4 is 5.73 Å². The molecule has 0 spiro atoms. The van der Waals surface area contributed by atoms with E-state index in [1.54, 1.807) is 6.08 Å². The lowest BCUT2D eigenvalue weighted by molar-refractivity contribution is -0.138. The molecule has 0 saturated heterocycles. The lowest BCUT2D eigenvalue weighted by Gasteiger charge is -2.05. The van der Waals surface area contributed by atoms with Crippen LogP contribution in [0, 0.1) is 0 Å². The van der Waals surface area contributed by atoms with E-state index in [2.05, 4.69) is 6.58 Å². The molecule has 0 aromatic heterocycles. The van der Waals surface area contributed by atoms with Crippen molar-refractivity contribution in [2.24, 2.45) is 5.73 Å². The second-order valence-corrected chi connectivity index (χ2v) is 2.80. The summed E-state index contributed by atoms with van der Waals surface area (Å²) in [7, 11) is 0. The summed E-state index contributed by atoms with van der Waals surface area (Å²) in [6.07, 6.45) is 3.81. The largest absolute Gasteiger partial charge is 0.480 e. The van der Waals surface area contributed by atoms with Gasteiger partial charge in [-0.15, -0.1) is 6.58 Å². The first-order valence-corrected chi connectivity index (χ1v) is 4.35. The van der Waals surface area contributed by atoms with Crippen LogP contribution >= 0.6 is 0 Å². The zero-order valence-corrected chi connectivity index (χ0v) is 7.74. The van der Waals surface area contributed by atoms with Gasteiger partial charge in [0.05, 0.1) is 6.61 Å². The minimum Gasteiger partial charge on any atom is -0.480 e. The molecule has 76 valence electrons. The molecule has 0 aromatic rings. The van der Waals surface area contributed by atoms with E-state index in [0.717, 1.165) is 12.8 Å². The molecule has 1 unspecified atom stereocenters. The molecule has 0 rings (SSSR count). The maximum absolute atomic E-state index is 10.3. The predicted octanol–water partition coefficient (Wildman–Crippen LogP) is 0.771. The van der Waals surface area contributed by atoms with Crippen molar-refractivity contribution in [1.29, 1.82) is 0 Å². The molecular weight excluding hydrogens is 170 g/mol. The number of hydrogen-bond donors (Lipinski definition) is 2. The number of carboxylic acids is 1. The predicted molar refractivity (Wildman–Crippen MR) is 50.5 cm³/mol. The first-order chi connectivity index (χ1) is 6.18. The number of nitrogens with two attached hydrogens (primary N) is 1. The van der Waals surface area contributed by atoms with Crippen LogP contribution in [0.15, 0.2) is 12.7 Å². The highest BCUT2D eigenvalue weighted by atomic mass is 16.5. The average Bonchev–Trinajstić information content (AvgIpc) is 2.10. The van der Waals surface area contributed by atoms with Crippen LogP contribution in [0.25, 0.3) is 0 Å². The zero-order chi connectivity index (χ0) is 10.1. The summed E-state index contributed by atoms with van der Waals surface area (Å²) in [4.78, 5) is 10.3. The number of hydrogen-bond acceptors (Lipinski definition) is 3. The first-order valence-electron chi connectivity index (χ1n) is 4.35. The molecule has 0 saturated carbocycles. The van der Waals surface area contributed by atoms with E-state index in [4.69, 9.17) is 15.6 Å². The van der Waals surface area contributed by atoms with Crippen molar-refractivity contribution in [3.8, 4) is 0 Å². The normalized spacial score (nSPS) is 12.4. The van der Waals surface area contributed by atoms with Gasteiger partial charge < -0.3 is 15.6 Å². The Bertz CT molecular complexity index is 159. The lowest BCUT2D eigenvalue weighted by atomic mass is 10.1. The third kappa shape index (κ3) is 7.49. The second-order valence-electron chi connectivity index (χ2n) is 2.80. The van der Waals surface area contributed by atoms with Gasteiger partial charge in [0.15, 0.2) is 0 Å². The topological polar surface area (TPSA) is 72.5 Å². The Morgan fingerprint density at radius 2 is 2.31 bits per heavy atom. The van der Waals surface area contributed by atoms with Crippen LogP contribution in [0.4, 0.5) is 0 Å². The number of unbranched alkanes of at least 4 members (excludes halogenated alkanes) is 1. The van der Waals surface area contributed by atoms with Crippen LogP contribution in [0.5, 0.6) is 0 Å². The minimum atomic E-state index is -0.938. The maximum atomic E-state index is 10.3. The molecule has 4 nitrogen and oxygen atoms in total. The summed E-state index contributed by atoms with van der Waals surface area (Å²) < 4.78 is 5.12. The summed E-state index contributed by atoms with van der Waals surface area (Å²) in [6, 6.07) is -0.737. The van der Waals surface area contributed by atoms with Gasteiger partial charge in [-0.1, -0.05) is 6.08 Å². The highest BCUT2D eigenvalue weighted by Gasteiger charge is 2.09. The standard InChI is InChI=1S/C9H17NO3/c1-2-6-13-7-4-3-5-8(10)9(11)12/h2,8H,1,3-7,10H2,(H,11,12). The van der Waals surface area contributed by atoms with Crippen molar-refractivity contribution in [2.45, 2.75) is 25.3 Å². The van der Waals surface area contributed by atoms with Gasteiger partial charge >= 0.3 is 5.97 Å². The fourth-order valence-electron chi connectivity index (χ4n) is 0.859. The molecule has 0 bridgehead atoms. The van der Waals surface area contributed by atoms with Crippen molar-refractivity contribution in [1.82, 2.24) is 0 Å². The SMILES string of the molecule is C=CCOCCCCC(N)C(=O)O. The highest BCUT2D eigenvalue weighted by molar-refractivity contribution is 5.72. The van der Waals surface area contributed by atoms with E-state index in [9.17, 15) is 4.79 Å². The minimum absolute atomic E-state index is 0.507. The molecule has 0 aliphatic carbocycles. The van der Waals surface area contributed by atoms with E-state index in [1.807, 2.05) is 0 Å². The van der Waals surface area contributed by atoms with Crippen molar-refractivity contribution in [3.05, 3.63) is 12.7 Å². The Balaban J connectivity index is 3.15. The Morgan fingerprint density at radius 1 is 1.62 bits per heavy atom. The van der Waals surface area contributed by atoms with Crippen LogP contribution in [-0.4, -0.2) is 30.3 Å². The summed E-state index contributed by atoms with van der Waals surface area (Å²) in [5.41, 5.74) is 5.30. The molecule has 4 heteroatoms. The van der Waals surface area contributed by atoms with E-state index < -0.39 is 12.0 Å². The van der Waals surface area contributed by atoms with Gasteiger partial charge in [-0.25, -0.2) is 0 Å². The number of aliphatic carboxylic acids is 1. The van der Waals surface area contributed by atoms with E-state index in [-0.39, 0.29) is 0 Å². The van der Waals surface area contributed by atoms with Crippen molar-refractivity contribution in [3.63, 3.8) is 0 Å². The van der Waals surface area contributed by atoms with Crippen molar-refractivity contribution < 1.29 is 14.6 Å². The molecule has 0 amide bonds. The van der Waals surface area contributed by atoms with E-state index in [1.165, 1.54) is 0 Å². The number of ether oxygens (including phenoxy) is 1. The lowest BCUT2D eigenvalue weighted by Crippen LogP contribution is -2.29. The Kier molecular flexibility index (Phi) is 7.24. The maximum Gasteiger partial charge on any atom is 0.320 e. The molecule has 0 radical (unpaired) electrons. The quantitative estimate of drug-likeness (QED) is 0.435. The monoisotopic (exact) mass is 187 g/mol. The molecule has 0 aromatic carbocycles. The number of carboxylic acid groups (broad SMARTS) is 1. The Labute approximate surface area is 78.4 Å². The first kappa shape index (κ1) is 12.1. The fraction of sp³-hybridized carbons (Fsp3) is 0.667. The van der Waals surface area contributed by atoms with E-state index >= 15 is 0 Å². The molecule has 0 aliphatic heterocycles. The van der Waals surface area contributed by atoms with Gasteiger partial charge in [0.1, 0.15) is 6.04 Å². The van der Waals surface area contributed by atoms with Gasteiger partial charge in [-0.3, -0.25) is 4.79 Å². The highest BCUT2D eigenvalue weighted by Crippen LogP contribution is 1.99. The van der Waals surface area contributed by atoms with Crippen LogP contribution in [0.2, 0.25) is 0 Å². The second kappa shape index (κ2) is 7.76. The van der Waals surface area contributed by atoms with Crippen LogP contribution in [-0.2, 0) is 9.53 Å².